The van der Waals surface area contributed by atoms with Gasteiger partial charge in [0.1, 0.15) is 0 Å². The van der Waals surface area contributed by atoms with Crippen molar-refractivity contribution < 1.29 is 4.79 Å². The molecule has 1 heterocycles. The van der Waals surface area contributed by atoms with Gasteiger partial charge in [0, 0.05) is 23.5 Å². The highest BCUT2D eigenvalue weighted by atomic mass is 32.2. The van der Waals surface area contributed by atoms with Crippen molar-refractivity contribution >= 4 is 17.7 Å². The number of rotatable bonds is 7. The summed E-state index contributed by atoms with van der Waals surface area (Å²) in [5.41, 5.74) is 4.44. The van der Waals surface area contributed by atoms with Crippen LogP contribution in [0, 0.1) is 5.92 Å². The summed E-state index contributed by atoms with van der Waals surface area (Å²) < 4.78 is 0. The third kappa shape index (κ3) is 5.78. The van der Waals surface area contributed by atoms with Gasteiger partial charge >= 0.3 is 0 Å². The van der Waals surface area contributed by atoms with Crippen molar-refractivity contribution in [1.29, 1.82) is 0 Å². The third-order valence-corrected chi connectivity index (χ3v) is 6.94. The lowest BCUT2D eigenvalue weighted by Gasteiger charge is -2.32. The van der Waals surface area contributed by atoms with Crippen molar-refractivity contribution in [2.75, 3.05) is 25.9 Å². The molecule has 3 nitrogen and oxygen atoms in total. The number of piperidine rings is 1. The van der Waals surface area contributed by atoms with Crippen LogP contribution >= 0.6 is 11.8 Å². The first-order chi connectivity index (χ1) is 15.2. The summed E-state index contributed by atoms with van der Waals surface area (Å²) in [5, 5.41) is 3.15. The maximum atomic E-state index is 12.6. The Morgan fingerprint density at radius 2 is 1.55 bits per heavy atom. The molecule has 160 valence electrons. The van der Waals surface area contributed by atoms with Crippen LogP contribution in [0.15, 0.2) is 83.8 Å². The van der Waals surface area contributed by atoms with Crippen LogP contribution in [0.25, 0.3) is 11.1 Å². The average molecular weight is 431 g/mol. The SMILES string of the molecule is CSc1ccccc1CN1CCC(CNC(=O)c2ccc(-c3ccccc3)cc2)CC1. The minimum atomic E-state index is 0.0240. The van der Waals surface area contributed by atoms with Crippen molar-refractivity contribution in [2.24, 2.45) is 5.92 Å². The third-order valence-electron chi connectivity index (χ3n) is 6.10. The van der Waals surface area contributed by atoms with Crippen molar-refractivity contribution in [3.05, 3.63) is 90.0 Å². The van der Waals surface area contributed by atoms with Crippen molar-refractivity contribution in [3.8, 4) is 11.1 Å². The van der Waals surface area contributed by atoms with E-state index in [0.717, 1.165) is 50.1 Å². The van der Waals surface area contributed by atoms with Crippen LogP contribution in [0.4, 0.5) is 0 Å². The number of likely N-dealkylation sites (tertiary alicyclic amines) is 1. The van der Waals surface area contributed by atoms with Crippen LogP contribution < -0.4 is 5.32 Å². The minimum absolute atomic E-state index is 0.0240. The smallest absolute Gasteiger partial charge is 0.251 e. The highest BCUT2D eigenvalue weighted by Crippen LogP contribution is 2.24. The second kappa shape index (κ2) is 10.7. The van der Waals surface area contributed by atoms with E-state index in [0.29, 0.717) is 5.92 Å². The number of hydrogen-bond acceptors (Lipinski definition) is 3. The molecule has 0 atom stereocenters. The molecule has 0 spiro atoms. The standard InChI is InChI=1S/C27H30N2OS/c1-31-26-10-6-5-9-25(26)20-29-17-15-21(16-18-29)19-28-27(30)24-13-11-23(12-14-24)22-7-3-2-4-8-22/h2-14,21H,15-20H2,1H3,(H,28,30). The molecule has 4 rings (SSSR count). The minimum Gasteiger partial charge on any atom is -0.352 e. The molecule has 0 unspecified atom stereocenters. The molecule has 1 aliphatic heterocycles. The molecule has 0 aliphatic carbocycles. The summed E-state index contributed by atoms with van der Waals surface area (Å²) in [4.78, 5) is 16.5. The topological polar surface area (TPSA) is 32.3 Å². The maximum absolute atomic E-state index is 12.6. The summed E-state index contributed by atoms with van der Waals surface area (Å²) in [5.74, 6) is 0.579. The quantitative estimate of drug-likeness (QED) is 0.487. The van der Waals surface area contributed by atoms with Crippen molar-refractivity contribution in [1.82, 2.24) is 10.2 Å². The number of carbonyl (C=O) groups is 1. The second-order valence-electron chi connectivity index (χ2n) is 8.18. The molecule has 0 saturated carbocycles. The van der Waals surface area contributed by atoms with E-state index in [1.807, 2.05) is 54.2 Å². The predicted octanol–water partition coefficient (Wildman–Crippen LogP) is 5.72. The summed E-state index contributed by atoms with van der Waals surface area (Å²) in [6.45, 7) is 3.96. The Morgan fingerprint density at radius 3 is 2.26 bits per heavy atom. The van der Waals surface area contributed by atoms with Gasteiger partial charge in [-0.3, -0.25) is 9.69 Å². The lowest BCUT2D eigenvalue weighted by Crippen LogP contribution is -2.38. The van der Waals surface area contributed by atoms with Gasteiger partial charge in [-0.2, -0.15) is 0 Å². The Kier molecular flexibility index (Phi) is 7.44. The van der Waals surface area contributed by atoms with E-state index < -0.39 is 0 Å². The van der Waals surface area contributed by atoms with Crippen LogP contribution in [0.2, 0.25) is 0 Å². The largest absolute Gasteiger partial charge is 0.352 e. The van der Waals surface area contributed by atoms with Gasteiger partial charge < -0.3 is 5.32 Å². The monoisotopic (exact) mass is 430 g/mol. The lowest BCUT2D eigenvalue weighted by atomic mass is 9.96. The summed E-state index contributed by atoms with van der Waals surface area (Å²) in [6.07, 6.45) is 4.41. The number of nitrogens with one attached hydrogen (secondary N) is 1. The van der Waals surface area contributed by atoms with E-state index in [1.165, 1.54) is 16.0 Å². The van der Waals surface area contributed by atoms with Crippen LogP contribution in [0.5, 0.6) is 0 Å². The molecule has 3 aromatic rings. The molecule has 0 aromatic heterocycles. The zero-order valence-corrected chi connectivity index (χ0v) is 18.9. The van der Waals surface area contributed by atoms with E-state index in [9.17, 15) is 4.79 Å². The van der Waals surface area contributed by atoms with E-state index in [1.54, 1.807) is 0 Å². The van der Waals surface area contributed by atoms with E-state index in [-0.39, 0.29) is 5.91 Å². The fraction of sp³-hybridized carbons (Fsp3) is 0.296. The van der Waals surface area contributed by atoms with Gasteiger partial charge in [0.05, 0.1) is 0 Å². The van der Waals surface area contributed by atoms with Crippen molar-refractivity contribution in [3.63, 3.8) is 0 Å². The first-order valence-corrected chi connectivity index (χ1v) is 12.2. The van der Waals surface area contributed by atoms with E-state index >= 15 is 0 Å². The molecule has 1 saturated heterocycles. The summed E-state index contributed by atoms with van der Waals surface area (Å²) in [6, 6.07) is 26.8. The summed E-state index contributed by atoms with van der Waals surface area (Å²) in [7, 11) is 0. The molecular weight excluding hydrogens is 400 g/mol. The summed E-state index contributed by atoms with van der Waals surface area (Å²) >= 11 is 1.82. The maximum Gasteiger partial charge on any atom is 0.251 e. The molecular formula is C27H30N2OS. The Bertz CT molecular complexity index is 980. The average Bonchev–Trinajstić information content (AvgIpc) is 2.84. The highest BCUT2D eigenvalue weighted by molar-refractivity contribution is 7.98. The second-order valence-corrected chi connectivity index (χ2v) is 9.03. The van der Waals surface area contributed by atoms with Crippen LogP contribution in [0.3, 0.4) is 0 Å². The van der Waals surface area contributed by atoms with E-state index in [4.69, 9.17) is 0 Å². The van der Waals surface area contributed by atoms with Gasteiger partial charge in [-0.15, -0.1) is 11.8 Å². The van der Waals surface area contributed by atoms with Crippen molar-refractivity contribution in [2.45, 2.75) is 24.3 Å². The Balaban J connectivity index is 1.23. The number of amides is 1. The van der Waals surface area contributed by atoms with E-state index in [2.05, 4.69) is 52.9 Å². The molecule has 31 heavy (non-hydrogen) atoms. The van der Waals surface area contributed by atoms with Crippen LogP contribution in [0.1, 0.15) is 28.8 Å². The van der Waals surface area contributed by atoms with Crippen LogP contribution in [-0.2, 0) is 6.54 Å². The molecule has 1 amide bonds. The molecule has 1 N–H and O–H groups in total. The fourth-order valence-electron chi connectivity index (χ4n) is 4.21. The number of hydrogen-bond donors (Lipinski definition) is 1. The Morgan fingerprint density at radius 1 is 0.903 bits per heavy atom. The first kappa shape index (κ1) is 21.7. The molecule has 0 bridgehead atoms. The van der Waals surface area contributed by atoms with Gasteiger partial charge in [-0.05, 0) is 73.0 Å². The van der Waals surface area contributed by atoms with Gasteiger partial charge in [0.15, 0.2) is 0 Å². The number of carbonyl (C=O) groups excluding carboxylic acids is 1. The first-order valence-electron chi connectivity index (χ1n) is 11.0. The number of benzene rings is 3. The van der Waals surface area contributed by atoms with Gasteiger partial charge in [-0.1, -0.05) is 60.7 Å². The Hall–Kier alpha value is -2.56. The molecule has 4 heteroatoms. The van der Waals surface area contributed by atoms with Gasteiger partial charge in [0.25, 0.3) is 5.91 Å². The zero-order chi connectivity index (χ0) is 21.5. The predicted molar refractivity (Wildman–Crippen MR) is 130 cm³/mol. The normalized spacial score (nSPS) is 15.0. The fourth-order valence-corrected chi connectivity index (χ4v) is 4.82. The van der Waals surface area contributed by atoms with Crippen LogP contribution in [-0.4, -0.2) is 36.7 Å². The van der Waals surface area contributed by atoms with Gasteiger partial charge in [0.2, 0.25) is 0 Å². The molecule has 1 fully saturated rings. The zero-order valence-electron chi connectivity index (χ0n) is 18.1. The molecule has 1 aliphatic rings. The Labute approximate surface area is 189 Å². The van der Waals surface area contributed by atoms with Gasteiger partial charge in [-0.25, -0.2) is 0 Å². The highest BCUT2D eigenvalue weighted by Gasteiger charge is 2.20. The molecule has 0 radical (unpaired) electrons. The molecule has 3 aromatic carbocycles. The lowest BCUT2D eigenvalue weighted by molar-refractivity contribution is 0.0935. The number of nitrogens with zero attached hydrogens (tertiary/aromatic N) is 1. The number of thioether (sulfide) groups is 1.